The summed E-state index contributed by atoms with van der Waals surface area (Å²) in [6.07, 6.45) is 0. The molecule has 1 heterocycles. The molecule has 0 aliphatic heterocycles. The molecule has 0 bridgehead atoms. The monoisotopic (exact) mass is 291 g/mol. The van der Waals surface area contributed by atoms with E-state index in [9.17, 15) is 0 Å². The molecule has 0 radical (unpaired) electrons. The predicted octanol–water partition coefficient (Wildman–Crippen LogP) is 3.56. The fraction of sp³-hybridized carbons (Fsp3) is 0.231. The molecule has 0 saturated carbocycles. The number of rotatable bonds is 2. The first-order chi connectivity index (χ1) is 8.10. The number of anilines is 1. The maximum Gasteiger partial charge on any atom is 0.162 e. The summed E-state index contributed by atoms with van der Waals surface area (Å²) in [5.41, 5.74) is 3.18. The maximum atomic E-state index is 4.48. The van der Waals surface area contributed by atoms with Gasteiger partial charge in [-0.25, -0.2) is 9.97 Å². The van der Waals surface area contributed by atoms with Gasteiger partial charge in [-0.2, -0.15) is 0 Å². The summed E-state index contributed by atoms with van der Waals surface area (Å²) in [4.78, 5) is 8.95. The van der Waals surface area contributed by atoms with Gasteiger partial charge in [-0.05, 0) is 37.6 Å². The van der Waals surface area contributed by atoms with Crippen LogP contribution < -0.4 is 5.32 Å². The highest BCUT2D eigenvalue weighted by molar-refractivity contribution is 9.10. The molecule has 1 aromatic heterocycles. The number of halogens is 1. The van der Waals surface area contributed by atoms with Gasteiger partial charge in [0.05, 0.1) is 0 Å². The van der Waals surface area contributed by atoms with Gasteiger partial charge in [-0.3, -0.25) is 0 Å². The minimum absolute atomic E-state index is 0.763. The van der Waals surface area contributed by atoms with Crippen LogP contribution in [0.4, 0.5) is 5.82 Å². The molecule has 4 heteroatoms. The summed E-state index contributed by atoms with van der Waals surface area (Å²) in [7, 11) is 1.86. The number of hydrogen-bond acceptors (Lipinski definition) is 3. The van der Waals surface area contributed by atoms with E-state index < -0.39 is 0 Å². The lowest BCUT2D eigenvalue weighted by Crippen LogP contribution is -1.99. The SMILES string of the molecule is CNc1cc(C)nc(-c2ccc(Br)cc2C)n1. The van der Waals surface area contributed by atoms with Gasteiger partial charge < -0.3 is 5.32 Å². The summed E-state index contributed by atoms with van der Waals surface area (Å²) in [6.45, 7) is 4.03. The molecule has 0 fully saturated rings. The van der Waals surface area contributed by atoms with Crippen molar-refractivity contribution in [3.63, 3.8) is 0 Å². The molecule has 3 nitrogen and oxygen atoms in total. The van der Waals surface area contributed by atoms with E-state index in [2.05, 4.69) is 44.2 Å². The highest BCUT2D eigenvalue weighted by Gasteiger charge is 2.07. The second-order valence-electron chi connectivity index (χ2n) is 3.93. The van der Waals surface area contributed by atoms with Gasteiger partial charge in [0, 0.05) is 28.8 Å². The molecular weight excluding hydrogens is 278 g/mol. The Morgan fingerprint density at radius 2 is 1.88 bits per heavy atom. The van der Waals surface area contributed by atoms with Gasteiger partial charge >= 0.3 is 0 Å². The highest BCUT2D eigenvalue weighted by Crippen LogP contribution is 2.24. The Morgan fingerprint density at radius 1 is 1.12 bits per heavy atom. The number of nitrogens with one attached hydrogen (secondary N) is 1. The minimum Gasteiger partial charge on any atom is -0.373 e. The van der Waals surface area contributed by atoms with E-state index >= 15 is 0 Å². The normalized spacial score (nSPS) is 10.4. The number of nitrogens with zero attached hydrogens (tertiary/aromatic N) is 2. The largest absolute Gasteiger partial charge is 0.373 e. The van der Waals surface area contributed by atoms with Crippen molar-refractivity contribution in [3.05, 3.63) is 40.0 Å². The quantitative estimate of drug-likeness (QED) is 0.919. The van der Waals surface area contributed by atoms with Crippen LogP contribution in [0.3, 0.4) is 0 Å². The van der Waals surface area contributed by atoms with E-state index in [1.807, 2.05) is 32.2 Å². The fourth-order valence-corrected chi connectivity index (χ4v) is 2.17. The fourth-order valence-electron chi connectivity index (χ4n) is 1.70. The van der Waals surface area contributed by atoms with Crippen LogP contribution in [0.5, 0.6) is 0 Å². The van der Waals surface area contributed by atoms with Crippen LogP contribution in [0, 0.1) is 13.8 Å². The molecule has 2 rings (SSSR count). The summed E-state index contributed by atoms with van der Waals surface area (Å²) in [5.74, 6) is 1.61. The Morgan fingerprint density at radius 3 is 2.53 bits per heavy atom. The van der Waals surface area contributed by atoms with Crippen molar-refractivity contribution in [2.45, 2.75) is 13.8 Å². The molecule has 2 aromatic rings. The summed E-state index contributed by atoms with van der Waals surface area (Å²) < 4.78 is 1.07. The van der Waals surface area contributed by atoms with Crippen LogP contribution in [-0.4, -0.2) is 17.0 Å². The lowest BCUT2D eigenvalue weighted by molar-refractivity contribution is 1.10. The van der Waals surface area contributed by atoms with Gasteiger partial charge in [0.15, 0.2) is 5.82 Å². The van der Waals surface area contributed by atoms with Crippen molar-refractivity contribution in [2.24, 2.45) is 0 Å². The average Bonchev–Trinajstić information content (AvgIpc) is 2.28. The number of aryl methyl sites for hydroxylation is 2. The Kier molecular flexibility index (Phi) is 3.43. The lowest BCUT2D eigenvalue weighted by atomic mass is 10.1. The molecule has 0 aliphatic carbocycles. The van der Waals surface area contributed by atoms with Gasteiger partial charge in [0.2, 0.25) is 0 Å². The summed E-state index contributed by atoms with van der Waals surface area (Å²) in [6, 6.07) is 8.04. The second kappa shape index (κ2) is 4.84. The molecule has 1 N–H and O–H groups in total. The van der Waals surface area contributed by atoms with Crippen LogP contribution in [0.25, 0.3) is 11.4 Å². The number of benzene rings is 1. The molecule has 0 atom stereocenters. The summed E-state index contributed by atoms with van der Waals surface area (Å²) in [5, 5.41) is 3.05. The minimum atomic E-state index is 0.763. The van der Waals surface area contributed by atoms with E-state index in [0.29, 0.717) is 0 Å². The molecule has 0 spiro atoms. The van der Waals surface area contributed by atoms with Gasteiger partial charge in [0.25, 0.3) is 0 Å². The standard InChI is InChI=1S/C13H14BrN3/c1-8-6-10(14)4-5-11(8)13-16-9(2)7-12(15-3)17-13/h4-7H,1-3H3,(H,15,16,17). The Hall–Kier alpha value is -1.42. The zero-order valence-electron chi connectivity index (χ0n) is 10.1. The summed E-state index contributed by atoms with van der Waals surface area (Å²) >= 11 is 3.46. The van der Waals surface area contributed by atoms with Gasteiger partial charge in [0.1, 0.15) is 5.82 Å². The number of hydrogen-bond donors (Lipinski definition) is 1. The van der Waals surface area contributed by atoms with Crippen molar-refractivity contribution < 1.29 is 0 Å². The third-order valence-electron chi connectivity index (χ3n) is 2.54. The van der Waals surface area contributed by atoms with Crippen molar-refractivity contribution >= 4 is 21.7 Å². The van der Waals surface area contributed by atoms with E-state index in [0.717, 1.165) is 32.9 Å². The van der Waals surface area contributed by atoms with Crippen molar-refractivity contribution in [3.8, 4) is 11.4 Å². The second-order valence-corrected chi connectivity index (χ2v) is 4.84. The first-order valence-electron chi connectivity index (χ1n) is 5.40. The van der Waals surface area contributed by atoms with Crippen molar-refractivity contribution in [1.82, 2.24) is 9.97 Å². The third kappa shape index (κ3) is 2.64. The third-order valence-corrected chi connectivity index (χ3v) is 3.03. The van der Waals surface area contributed by atoms with Crippen molar-refractivity contribution in [2.75, 3.05) is 12.4 Å². The zero-order valence-corrected chi connectivity index (χ0v) is 11.7. The number of aromatic nitrogens is 2. The predicted molar refractivity (Wildman–Crippen MR) is 74.2 cm³/mol. The van der Waals surface area contributed by atoms with E-state index in [4.69, 9.17) is 0 Å². The highest BCUT2D eigenvalue weighted by atomic mass is 79.9. The van der Waals surface area contributed by atoms with Crippen LogP contribution in [-0.2, 0) is 0 Å². The van der Waals surface area contributed by atoms with Gasteiger partial charge in [-0.1, -0.05) is 15.9 Å². The Balaban J connectivity index is 2.55. The van der Waals surface area contributed by atoms with Crippen LogP contribution in [0.2, 0.25) is 0 Å². The molecule has 0 aliphatic rings. The van der Waals surface area contributed by atoms with E-state index in [1.54, 1.807) is 0 Å². The zero-order chi connectivity index (χ0) is 12.4. The van der Waals surface area contributed by atoms with Crippen LogP contribution in [0.15, 0.2) is 28.7 Å². The first-order valence-corrected chi connectivity index (χ1v) is 6.19. The molecule has 1 aromatic carbocycles. The van der Waals surface area contributed by atoms with Crippen LogP contribution in [0.1, 0.15) is 11.3 Å². The maximum absolute atomic E-state index is 4.48. The molecule has 0 amide bonds. The first kappa shape index (κ1) is 12.0. The Bertz CT molecular complexity index is 552. The molecule has 17 heavy (non-hydrogen) atoms. The average molecular weight is 292 g/mol. The lowest BCUT2D eigenvalue weighted by Gasteiger charge is -2.08. The van der Waals surface area contributed by atoms with Crippen LogP contribution >= 0.6 is 15.9 Å². The molecular formula is C13H14BrN3. The van der Waals surface area contributed by atoms with E-state index in [1.165, 1.54) is 0 Å². The molecule has 0 saturated heterocycles. The van der Waals surface area contributed by atoms with Crippen molar-refractivity contribution in [1.29, 1.82) is 0 Å². The smallest absolute Gasteiger partial charge is 0.162 e. The molecule has 0 unspecified atom stereocenters. The van der Waals surface area contributed by atoms with Gasteiger partial charge in [-0.15, -0.1) is 0 Å². The Labute approximate surface area is 109 Å². The molecule has 88 valence electrons. The van der Waals surface area contributed by atoms with E-state index in [-0.39, 0.29) is 0 Å². The topological polar surface area (TPSA) is 37.8 Å².